The molecule has 0 heterocycles. The molecule has 0 amide bonds. The summed E-state index contributed by atoms with van der Waals surface area (Å²) in [6, 6.07) is 0. The van der Waals surface area contributed by atoms with Gasteiger partial charge in [-0.25, -0.2) is 0 Å². The van der Waals surface area contributed by atoms with Gasteiger partial charge >= 0.3 is 17.1 Å². The van der Waals surface area contributed by atoms with Crippen LogP contribution in [0.4, 0.5) is 0 Å². The smallest absolute Gasteiger partial charge is 0.358 e. The van der Waals surface area contributed by atoms with Crippen molar-refractivity contribution >= 4 is 87.5 Å². The molecule has 0 saturated carbocycles. The molecule has 0 aromatic carbocycles. The second kappa shape index (κ2) is 35.3. The molecule has 0 N–H and O–H groups in total. The van der Waals surface area contributed by atoms with Crippen LogP contribution in [0.1, 0.15) is 119 Å². The second-order valence-corrected chi connectivity index (χ2v) is 12.3. The van der Waals surface area contributed by atoms with Gasteiger partial charge in [-0.2, -0.15) is 0 Å². The summed E-state index contributed by atoms with van der Waals surface area (Å²) in [5, 5.41) is 0. The molecule has 0 rings (SSSR count). The van der Waals surface area contributed by atoms with Crippen LogP contribution in [0.15, 0.2) is 0 Å². The third kappa shape index (κ3) is 33.3. The minimum absolute atomic E-state index is 0. The number of thiocarbonyl (C=S) groups is 3. The zero-order valence-electron chi connectivity index (χ0n) is 24.5. The summed E-state index contributed by atoms with van der Waals surface area (Å²) >= 11 is 27.7. The third-order valence-electron chi connectivity index (χ3n) is 5.50. The van der Waals surface area contributed by atoms with Crippen molar-refractivity contribution < 1.29 is 17.1 Å². The summed E-state index contributed by atoms with van der Waals surface area (Å²) in [5.74, 6) is 0. The van der Waals surface area contributed by atoms with Crippen LogP contribution < -0.4 is 0 Å². The van der Waals surface area contributed by atoms with Gasteiger partial charge in [-0.05, 0) is 38.5 Å². The van der Waals surface area contributed by atoms with E-state index >= 15 is 0 Å². The van der Waals surface area contributed by atoms with Gasteiger partial charge in [0.1, 0.15) is 13.0 Å². The fourth-order valence-corrected chi connectivity index (χ4v) is 4.15. The molecule has 0 spiro atoms. The van der Waals surface area contributed by atoms with E-state index in [1.807, 2.05) is 0 Å². The first-order chi connectivity index (χ1) is 17.2. The van der Waals surface area contributed by atoms with E-state index in [0.717, 1.165) is 52.2 Å². The monoisotopic (exact) mass is 671 g/mol. The maximum absolute atomic E-state index is 5.03. The van der Waals surface area contributed by atoms with E-state index in [1.54, 1.807) is 0 Å². The molecule has 0 aromatic heterocycles. The Kier molecular flexibility index (Phi) is 43.1. The minimum Gasteiger partial charge on any atom is -0.358 e. The summed E-state index contributed by atoms with van der Waals surface area (Å²) in [4.78, 5) is 6.56. The average molecular weight is 672 g/mol. The van der Waals surface area contributed by atoms with Crippen molar-refractivity contribution in [3.05, 3.63) is 0 Å². The van der Waals surface area contributed by atoms with Gasteiger partial charge < -0.3 is 14.7 Å². The predicted molar refractivity (Wildman–Crippen MR) is 189 cm³/mol. The number of hydrogen-bond acceptors (Lipinski definition) is 3. The topological polar surface area (TPSA) is 9.72 Å². The maximum atomic E-state index is 5.03. The summed E-state index contributed by atoms with van der Waals surface area (Å²) in [7, 11) is 0. The molecule has 1 radical (unpaired) electrons. The van der Waals surface area contributed by atoms with Crippen LogP contribution in [0.2, 0.25) is 0 Å². The van der Waals surface area contributed by atoms with Gasteiger partial charge in [-0.1, -0.05) is 117 Å². The number of thiol groups is 3. The van der Waals surface area contributed by atoms with Crippen molar-refractivity contribution in [1.82, 2.24) is 14.7 Å². The normalized spacial score (nSPS) is 9.65. The Labute approximate surface area is 275 Å². The van der Waals surface area contributed by atoms with E-state index in [4.69, 9.17) is 36.7 Å². The van der Waals surface area contributed by atoms with Crippen LogP contribution >= 0.6 is 74.5 Å². The molecule has 0 atom stereocenters. The first kappa shape index (κ1) is 45.2. The number of hydrogen-bond donors (Lipinski definition) is 3. The van der Waals surface area contributed by atoms with E-state index in [-0.39, 0.29) is 17.1 Å². The SMILES string of the molecule is CCCCN(CCCC)C(=S)S.CCCCN(CCCC)C(=S)S.CCCCN(CCCC)C(=S)S.[Fe+3]. The molecule has 0 aliphatic heterocycles. The molecule has 0 saturated heterocycles. The Morgan fingerprint density at radius 1 is 0.405 bits per heavy atom. The van der Waals surface area contributed by atoms with E-state index < -0.39 is 0 Å². The van der Waals surface area contributed by atoms with Crippen LogP contribution in [0.25, 0.3) is 0 Å². The zero-order valence-corrected chi connectivity index (χ0v) is 30.7. The molecule has 221 valence electrons. The van der Waals surface area contributed by atoms with Crippen molar-refractivity contribution in [2.24, 2.45) is 0 Å². The van der Waals surface area contributed by atoms with Crippen LogP contribution in [0.3, 0.4) is 0 Å². The Morgan fingerprint density at radius 3 is 0.622 bits per heavy atom. The van der Waals surface area contributed by atoms with Crippen LogP contribution in [0.5, 0.6) is 0 Å². The molecular weight excluding hydrogens is 615 g/mol. The molecule has 37 heavy (non-hydrogen) atoms. The van der Waals surface area contributed by atoms with Gasteiger partial charge in [0.2, 0.25) is 0 Å². The Balaban J connectivity index is -0.000000218. The minimum atomic E-state index is 0. The van der Waals surface area contributed by atoms with E-state index in [2.05, 4.69) is 94.1 Å². The maximum Gasteiger partial charge on any atom is 3.00 e. The van der Waals surface area contributed by atoms with Gasteiger partial charge in [-0.3, -0.25) is 0 Å². The van der Waals surface area contributed by atoms with Crippen molar-refractivity contribution in [1.29, 1.82) is 0 Å². The number of rotatable bonds is 18. The quantitative estimate of drug-likeness (QED) is 0.0756. The van der Waals surface area contributed by atoms with Gasteiger partial charge in [0.25, 0.3) is 0 Å². The summed E-state index contributed by atoms with van der Waals surface area (Å²) in [6.45, 7) is 19.6. The first-order valence-corrected chi connectivity index (χ1v) is 16.7. The van der Waals surface area contributed by atoms with E-state index in [0.29, 0.717) is 0 Å². The van der Waals surface area contributed by atoms with E-state index in [1.165, 1.54) is 77.0 Å². The number of unbranched alkanes of at least 4 members (excludes halogenated alkanes) is 6. The number of nitrogens with zero attached hydrogens (tertiary/aromatic N) is 3. The fraction of sp³-hybridized carbons (Fsp3) is 0.889. The van der Waals surface area contributed by atoms with Crippen molar-refractivity contribution in [2.75, 3.05) is 39.3 Å². The standard InChI is InChI=1S/3C9H19NS2.Fe/c3*1-3-5-7-10(9(11)12)8-6-4-2;/h3*3-8H2,1-2H3,(H,11,12);/q;;;+3. The van der Waals surface area contributed by atoms with Gasteiger partial charge in [0, 0.05) is 39.3 Å². The average Bonchev–Trinajstić information content (AvgIpc) is 2.84. The molecule has 0 aromatic rings. The molecule has 0 unspecified atom stereocenters. The van der Waals surface area contributed by atoms with Crippen molar-refractivity contribution in [3.8, 4) is 0 Å². The largest absolute Gasteiger partial charge is 3.00 e. The van der Waals surface area contributed by atoms with Crippen molar-refractivity contribution in [3.63, 3.8) is 0 Å². The second-order valence-electron chi connectivity index (χ2n) is 8.93. The van der Waals surface area contributed by atoms with E-state index in [9.17, 15) is 0 Å². The summed E-state index contributed by atoms with van der Waals surface area (Å²) < 4.78 is 2.24. The predicted octanol–water partition coefficient (Wildman–Crippen LogP) is 9.31. The van der Waals surface area contributed by atoms with Gasteiger partial charge in [0.15, 0.2) is 0 Å². The molecule has 0 bridgehead atoms. The third-order valence-corrected chi connectivity index (χ3v) is 7.12. The van der Waals surface area contributed by atoms with Crippen molar-refractivity contribution in [2.45, 2.75) is 119 Å². The molecule has 0 aliphatic carbocycles. The Bertz CT molecular complexity index is 431. The first-order valence-electron chi connectivity index (χ1n) is 14.1. The molecule has 0 aliphatic rings. The fourth-order valence-electron chi connectivity index (χ4n) is 3.00. The summed E-state index contributed by atoms with van der Waals surface area (Å²) in [5.41, 5.74) is 0. The Hall–Kier alpha value is 1.24. The summed E-state index contributed by atoms with van der Waals surface area (Å²) in [6.07, 6.45) is 14.6. The van der Waals surface area contributed by atoms with Gasteiger partial charge in [-0.15, -0.1) is 37.9 Å². The molecular formula is C27H57FeN3S6+3. The molecule has 3 nitrogen and oxygen atoms in total. The van der Waals surface area contributed by atoms with Crippen LogP contribution in [0, 0.1) is 0 Å². The van der Waals surface area contributed by atoms with Gasteiger partial charge in [0.05, 0.1) is 0 Å². The Morgan fingerprint density at radius 2 is 0.541 bits per heavy atom. The molecule has 0 fully saturated rings. The zero-order chi connectivity index (χ0) is 28.2. The van der Waals surface area contributed by atoms with Crippen LogP contribution in [-0.4, -0.2) is 66.9 Å². The molecule has 10 heteroatoms. The van der Waals surface area contributed by atoms with Crippen LogP contribution in [-0.2, 0) is 17.1 Å².